The van der Waals surface area contributed by atoms with E-state index in [1.165, 1.54) is 12.1 Å². The molecule has 7 heteroatoms. The minimum atomic E-state index is -0.344. The highest BCUT2D eigenvalue weighted by Gasteiger charge is 2.35. The number of halogens is 1. The molecule has 1 saturated carbocycles. The summed E-state index contributed by atoms with van der Waals surface area (Å²) in [6.07, 6.45) is 2.02. The van der Waals surface area contributed by atoms with Crippen LogP contribution in [0.3, 0.4) is 0 Å². The highest BCUT2D eigenvalue weighted by molar-refractivity contribution is 5.84. The van der Waals surface area contributed by atoms with Gasteiger partial charge < -0.3 is 19.4 Å². The van der Waals surface area contributed by atoms with Crippen molar-refractivity contribution in [2.24, 2.45) is 5.92 Å². The number of nitrogens with zero attached hydrogens (tertiary/aromatic N) is 3. The number of amides is 2. The van der Waals surface area contributed by atoms with Gasteiger partial charge in [0.1, 0.15) is 18.2 Å². The highest BCUT2D eigenvalue weighted by Crippen LogP contribution is 2.32. The maximum Gasteiger partial charge on any atom is 0.242 e. The number of hydrogen-bond acceptors (Lipinski definition) is 4. The lowest BCUT2D eigenvalue weighted by atomic mass is 10.2. The smallest absolute Gasteiger partial charge is 0.242 e. The molecule has 2 fully saturated rings. The standard InChI is InChI=1S/C18H22FN3O3/c19-14-3-4-15-16(11-14)25-10-9-22(15)12-17(23)20-5-7-21(8-6-20)18(24)13-1-2-13/h3-4,11,13H,1-2,5-10,12H2. The molecule has 2 amide bonds. The van der Waals surface area contributed by atoms with Gasteiger partial charge in [-0.15, -0.1) is 0 Å². The molecule has 0 bridgehead atoms. The molecule has 1 aromatic rings. The fraction of sp³-hybridized carbons (Fsp3) is 0.556. The van der Waals surface area contributed by atoms with E-state index >= 15 is 0 Å². The van der Waals surface area contributed by atoms with Crippen LogP contribution < -0.4 is 9.64 Å². The lowest BCUT2D eigenvalue weighted by molar-refractivity contribution is -0.139. The second-order valence-corrected chi connectivity index (χ2v) is 6.86. The molecule has 3 aliphatic rings. The van der Waals surface area contributed by atoms with E-state index in [1.54, 1.807) is 6.07 Å². The summed E-state index contributed by atoms with van der Waals surface area (Å²) >= 11 is 0. The van der Waals surface area contributed by atoms with Gasteiger partial charge in [-0.05, 0) is 25.0 Å². The largest absolute Gasteiger partial charge is 0.489 e. The SMILES string of the molecule is O=C(CN1CCOc2cc(F)ccc21)N1CCN(C(=O)C2CC2)CC1. The summed E-state index contributed by atoms with van der Waals surface area (Å²) < 4.78 is 18.8. The Morgan fingerprint density at radius 2 is 1.80 bits per heavy atom. The van der Waals surface area contributed by atoms with Gasteiger partial charge in [0.15, 0.2) is 0 Å². The van der Waals surface area contributed by atoms with Gasteiger partial charge in [0.25, 0.3) is 0 Å². The molecule has 0 atom stereocenters. The quantitative estimate of drug-likeness (QED) is 0.822. The van der Waals surface area contributed by atoms with Gasteiger partial charge in [0.2, 0.25) is 11.8 Å². The van der Waals surface area contributed by atoms with Crippen molar-refractivity contribution in [3.8, 4) is 5.75 Å². The molecule has 134 valence electrons. The van der Waals surface area contributed by atoms with Crippen LogP contribution in [0.15, 0.2) is 18.2 Å². The van der Waals surface area contributed by atoms with Crippen molar-refractivity contribution < 1.29 is 18.7 Å². The second kappa shape index (κ2) is 6.54. The van der Waals surface area contributed by atoms with Crippen molar-refractivity contribution in [3.05, 3.63) is 24.0 Å². The van der Waals surface area contributed by atoms with Crippen molar-refractivity contribution in [1.29, 1.82) is 0 Å². The fourth-order valence-electron chi connectivity index (χ4n) is 3.44. The Morgan fingerprint density at radius 1 is 1.08 bits per heavy atom. The Labute approximate surface area is 146 Å². The Morgan fingerprint density at radius 3 is 2.52 bits per heavy atom. The highest BCUT2D eigenvalue weighted by atomic mass is 19.1. The van der Waals surface area contributed by atoms with E-state index in [2.05, 4.69) is 0 Å². The Balaban J connectivity index is 1.35. The van der Waals surface area contributed by atoms with E-state index < -0.39 is 0 Å². The summed E-state index contributed by atoms with van der Waals surface area (Å²) in [6, 6.07) is 4.39. The predicted molar refractivity (Wildman–Crippen MR) is 90.0 cm³/mol. The number of hydrogen-bond donors (Lipinski definition) is 0. The third kappa shape index (κ3) is 3.41. The first-order chi connectivity index (χ1) is 12.1. The minimum Gasteiger partial charge on any atom is -0.489 e. The van der Waals surface area contributed by atoms with E-state index in [1.807, 2.05) is 14.7 Å². The van der Waals surface area contributed by atoms with Crippen molar-refractivity contribution in [2.45, 2.75) is 12.8 Å². The lowest BCUT2D eigenvalue weighted by Gasteiger charge is -2.37. The van der Waals surface area contributed by atoms with Crippen LogP contribution in [0.5, 0.6) is 5.75 Å². The molecule has 4 rings (SSSR count). The zero-order valence-electron chi connectivity index (χ0n) is 14.1. The van der Waals surface area contributed by atoms with Crippen molar-refractivity contribution in [3.63, 3.8) is 0 Å². The number of carbonyl (C=O) groups is 2. The average Bonchev–Trinajstić information content (AvgIpc) is 3.46. The molecular weight excluding hydrogens is 325 g/mol. The van der Waals surface area contributed by atoms with Crippen molar-refractivity contribution in [2.75, 3.05) is 50.8 Å². The van der Waals surface area contributed by atoms with E-state index in [4.69, 9.17) is 4.74 Å². The van der Waals surface area contributed by atoms with Crippen LogP contribution >= 0.6 is 0 Å². The summed E-state index contributed by atoms with van der Waals surface area (Å²) in [7, 11) is 0. The molecule has 0 radical (unpaired) electrons. The maximum absolute atomic E-state index is 13.3. The van der Waals surface area contributed by atoms with Crippen LogP contribution in [0.2, 0.25) is 0 Å². The first-order valence-electron chi connectivity index (χ1n) is 8.85. The monoisotopic (exact) mass is 347 g/mol. The molecule has 1 saturated heterocycles. The topological polar surface area (TPSA) is 53.1 Å². The Kier molecular flexibility index (Phi) is 4.23. The van der Waals surface area contributed by atoms with Crippen LogP contribution in [0.1, 0.15) is 12.8 Å². The Hall–Kier alpha value is -2.31. The molecule has 1 aromatic carbocycles. The van der Waals surface area contributed by atoms with Crippen LogP contribution in [0, 0.1) is 11.7 Å². The van der Waals surface area contributed by atoms with Crippen LogP contribution in [-0.4, -0.2) is 67.5 Å². The Bertz CT molecular complexity index is 684. The van der Waals surface area contributed by atoms with Gasteiger partial charge in [-0.3, -0.25) is 9.59 Å². The molecule has 1 aliphatic carbocycles. The molecule has 0 aromatic heterocycles. The van der Waals surface area contributed by atoms with E-state index in [0.29, 0.717) is 45.1 Å². The van der Waals surface area contributed by atoms with Crippen LogP contribution in [0.25, 0.3) is 0 Å². The van der Waals surface area contributed by atoms with E-state index in [0.717, 1.165) is 18.5 Å². The lowest BCUT2D eigenvalue weighted by Crippen LogP contribution is -2.53. The number of anilines is 1. The summed E-state index contributed by atoms with van der Waals surface area (Å²) in [5.74, 6) is 0.654. The predicted octanol–water partition coefficient (Wildman–Crippen LogP) is 1.11. The number of rotatable bonds is 3. The van der Waals surface area contributed by atoms with Gasteiger partial charge in [0, 0.05) is 38.2 Å². The third-order valence-electron chi connectivity index (χ3n) is 5.08. The van der Waals surface area contributed by atoms with Gasteiger partial charge in [-0.1, -0.05) is 0 Å². The molecule has 2 heterocycles. The van der Waals surface area contributed by atoms with Crippen LogP contribution in [0.4, 0.5) is 10.1 Å². The second-order valence-electron chi connectivity index (χ2n) is 6.86. The molecule has 0 unspecified atom stereocenters. The first kappa shape index (κ1) is 16.2. The minimum absolute atomic E-state index is 0.0377. The zero-order chi connectivity index (χ0) is 17.4. The molecular formula is C18H22FN3O3. The summed E-state index contributed by atoms with van der Waals surface area (Å²) in [5, 5.41) is 0. The van der Waals surface area contributed by atoms with Crippen molar-refractivity contribution >= 4 is 17.5 Å². The van der Waals surface area contributed by atoms with Gasteiger partial charge in [-0.2, -0.15) is 0 Å². The molecule has 2 aliphatic heterocycles. The molecule has 6 nitrogen and oxygen atoms in total. The van der Waals surface area contributed by atoms with Gasteiger partial charge in [-0.25, -0.2) is 4.39 Å². The van der Waals surface area contributed by atoms with Crippen molar-refractivity contribution in [1.82, 2.24) is 9.80 Å². The molecule has 25 heavy (non-hydrogen) atoms. The summed E-state index contributed by atoms with van der Waals surface area (Å²) in [4.78, 5) is 30.4. The van der Waals surface area contributed by atoms with Gasteiger partial charge in [0.05, 0.1) is 18.8 Å². The number of carbonyl (C=O) groups excluding carboxylic acids is 2. The number of ether oxygens (including phenoxy) is 1. The van der Waals surface area contributed by atoms with E-state index in [9.17, 15) is 14.0 Å². The van der Waals surface area contributed by atoms with Gasteiger partial charge >= 0.3 is 0 Å². The molecule has 0 spiro atoms. The average molecular weight is 347 g/mol. The number of fused-ring (bicyclic) bond motifs is 1. The van der Waals surface area contributed by atoms with Crippen LogP contribution in [-0.2, 0) is 9.59 Å². The summed E-state index contributed by atoms with van der Waals surface area (Å²) in [5.41, 5.74) is 0.753. The number of piperazine rings is 1. The maximum atomic E-state index is 13.3. The van der Waals surface area contributed by atoms with E-state index in [-0.39, 0.29) is 30.1 Å². The first-order valence-corrected chi connectivity index (χ1v) is 8.85. The number of benzene rings is 1. The summed E-state index contributed by atoms with van der Waals surface area (Å²) in [6.45, 7) is 3.68. The third-order valence-corrected chi connectivity index (χ3v) is 5.08. The zero-order valence-corrected chi connectivity index (χ0v) is 14.1. The molecule has 0 N–H and O–H groups in total. The normalized spacial score (nSPS) is 20.1. The fourth-order valence-corrected chi connectivity index (χ4v) is 3.44.